The average Bonchev–Trinajstić information content (AvgIpc) is 2.73. The number of carbonyl (C=O) groups is 2. The number of aromatic amines is 1. The van der Waals surface area contributed by atoms with E-state index in [1.165, 1.54) is 0 Å². The summed E-state index contributed by atoms with van der Waals surface area (Å²) in [7, 11) is 0. The minimum atomic E-state index is -0.909. The van der Waals surface area contributed by atoms with Gasteiger partial charge < -0.3 is 15.5 Å². The van der Waals surface area contributed by atoms with Crippen molar-refractivity contribution in [2.45, 2.75) is 51.5 Å². The van der Waals surface area contributed by atoms with Gasteiger partial charge in [0.15, 0.2) is 0 Å². The van der Waals surface area contributed by atoms with Gasteiger partial charge in [0, 0.05) is 24.7 Å². The fourth-order valence-corrected chi connectivity index (χ4v) is 4.20. The van der Waals surface area contributed by atoms with Crippen LogP contribution in [0.5, 0.6) is 0 Å². The van der Waals surface area contributed by atoms with Crippen molar-refractivity contribution in [1.82, 2.24) is 9.97 Å². The van der Waals surface area contributed by atoms with Crippen LogP contribution in [0.2, 0.25) is 0 Å². The first-order valence-corrected chi connectivity index (χ1v) is 10.6. The van der Waals surface area contributed by atoms with Crippen molar-refractivity contribution in [2.75, 3.05) is 22.1 Å². The molecule has 0 spiro atoms. The van der Waals surface area contributed by atoms with Gasteiger partial charge in [-0.25, -0.2) is 0 Å². The molecule has 2 aliphatic rings. The number of anilines is 3. The second-order valence-electron chi connectivity index (χ2n) is 8.34. The van der Waals surface area contributed by atoms with Crippen molar-refractivity contribution >= 4 is 34.8 Å². The van der Waals surface area contributed by atoms with Gasteiger partial charge in [-0.3, -0.25) is 19.4 Å². The van der Waals surface area contributed by atoms with Crippen LogP contribution in [0.25, 0.3) is 5.57 Å². The summed E-state index contributed by atoms with van der Waals surface area (Å²) >= 11 is 0. The van der Waals surface area contributed by atoms with Crippen LogP contribution in [0.1, 0.15) is 56.6 Å². The van der Waals surface area contributed by atoms with Gasteiger partial charge in [-0.2, -0.15) is 4.98 Å². The van der Waals surface area contributed by atoms with Crippen LogP contribution in [0.3, 0.4) is 0 Å². The Labute approximate surface area is 180 Å². The second kappa shape index (κ2) is 8.37. The number of fused-ring (bicyclic) bond motifs is 1. The normalized spacial score (nSPS) is 20.6. The third-order valence-electron chi connectivity index (χ3n) is 5.98. The topological polar surface area (TPSA) is 107 Å². The molecule has 162 valence electrons. The smallest absolute Gasteiger partial charge is 0.258 e. The summed E-state index contributed by atoms with van der Waals surface area (Å²) in [6.07, 6.45) is 3.07. The minimum Gasteiger partial charge on any atom is -0.340 e. The van der Waals surface area contributed by atoms with Crippen LogP contribution in [0, 0.1) is 0 Å². The summed E-state index contributed by atoms with van der Waals surface area (Å²) in [5.41, 5.74) is 2.29. The lowest BCUT2D eigenvalue weighted by atomic mass is 9.92. The number of piperidine rings is 1. The zero-order chi connectivity index (χ0) is 22.1. The molecule has 2 aromatic rings. The molecule has 4 rings (SSSR count). The maximum atomic E-state index is 13.0. The van der Waals surface area contributed by atoms with Gasteiger partial charge in [-0.1, -0.05) is 24.3 Å². The van der Waals surface area contributed by atoms with E-state index in [-0.39, 0.29) is 29.8 Å². The molecule has 31 heavy (non-hydrogen) atoms. The van der Waals surface area contributed by atoms with E-state index >= 15 is 0 Å². The van der Waals surface area contributed by atoms with Crippen LogP contribution in [-0.2, 0) is 9.59 Å². The van der Waals surface area contributed by atoms with Gasteiger partial charge in [-0.05, 0) is 50.8 Å². The van der Waals surface area contributed by atoms with Gasteiger partial charge in [0.2, 0.25) is 17.8 Å². The van der Waals surface area contributed by atoms with Crippen molar-refractivity contribution in [1.29, 1.82) is 0 Å². The highest BCUT2D eigenvalue weighted by Gasteiger charge is 2.35. The Morgan fingerprint density at radius 1 is 1.23 bits per heavy atom. The van der Waals surface area contributed by atoms with Crippen LogP contribution < -0.4 is 21.1 Å². The highest BCUT2D eigenvalue weighted by atomic mass is 16.2. The number of nitrogens with one attached hydrogen (secondary N) is 3. The molecule has 2 aliphatic heterocycles. The molecule has 2 atom stereocenters. The fraction of sp³-hybridized carbons (Fsp3) is 0.391. The monoisotopic (exact) mass is 421 g/mol. The number of amides is 2. The molecule has 3 heterocycles. The molecular weight excluding hydrogens is 394 g/mol. The van der Waals surface area contributed by atoms with Crippen LogP contribution >= 0.6 is 0 Å². The molecule has 0 bridgehead atoms. The van der Waals surface area contributed by atoms with E-state index in [2.05, 4.69) is 34.1 Å². The Kier molecular flexibility index (Phi) is 5.63. The Morgan fingerprint density at radius 3 is 2.65 bits per heavy atom. The first kappa shape index (κ1) is 20.8. The highest BCUT2D eigenvalue weighted by Crippen LogP contribution is 2.31. The molecule has 1 saturated heterocycles. The number of nitrogens with zero attached hydrogens (tertiary/aromatic N) is 2. The Morgan fingerprint density at radius 2 is 1.97 bits per heavy atom. The Balaban J connectivity index is 1.62. The van der Waals surface area contributed by atoms with Crippen molar-refractivity contribution in [3.63, 3.8) is 0 Å². The second-order valence-corrected chi connectivity index (χ2v) is 8.34. The number of benzene rings is 1. The van der Waals surface area contributed by atoms with Crippen molar-refractivity contribution in [2.24, 2.45) is 0 Å². The third kappa shape index (κ3) is 4.23. The molecule has 2 amide bonds. The van der Waals surface area contributed by atoms with E-state index in [0.29, 0.717) is 11.6 Å². The largest absolute Gasteiger partial charge is 0.340 e. The summed E-state index contributed by atoms with van der Waals surface area (Å²) in [4.78, 5) is 47.7. The van der Waals surface area contributed by atoms with E-state index in [1.54, 1.807) is 12.1 Å². The lowest BCUT2D eigenvalue weighted by molar-refractivity contribution is -0.123. The number of allylic oxidation sites excluding steroid dienone is 1. The fourth-order valence-electron chi connectivity index (χ4n) is 4.20. The zero-order valence-corrected chi connectivity index (χ0v) is 17.8. The zero-order valence-electron chi connectivity index (χ0n) is 17.8. The quantitative estimate of drug-likeness (QED) is 0.703. The van der Waals surface area contributed by atoms with E-state index in [4.69, 9.17) is 0 Å². The van der Waals surface area contributed by atoms with Crippen LogP contribution in [0.4, 0.5) is 17.5 Å². The van der Waals surface area contributed by atoms with Gasteiger partial charge in [0.05, 0.1) is 11.5 Å². The predicted molar refractivity (Wildman–Crippen MR) is 121 cm³/mol. The number of aromatic nitrogens is 2. The maximum Gasteiger partial charge on any atom is 0.258 e. The van der Waals surface area contributed by atoms with E-state index in [0.717, 1.165) is 36.9 Å². The standard InChI is InChI=1S/C23H27N5O3/c1-13(2)15-7-9-16(10-8-15)24-21(30)17-12-18(29)25-20-19(17)22(31)27-23(26-20)28-11-5-4-6-14(28)3/h7-10,14,17H,1,4-6,11-12H2,2-3H3,(H,24,30)(H2,25,26,27,29,31)/t14-,17-/m0/s1. The summed E-state index contributed by atoms with van der Waals surface area (Å²) in [6.45, 7) is 8.69. The maximum absolute atomic E-state index is 13.0. The van der Waals surface area contributed by atoms with E-state index < -0.39 is 17.4 Å². The molecule has 0 radical (unpaired) electrons. The summed E-state index contributed by atoms with van der Waals surface area (Å²) in [5, 5.41) is 5.49. The average molecular weight is 422 g/mol. The first-order chi connectivity index (χ1) is 14.8. The molecule has 1 aromatic carbocycles. The summed E-state index contributed by atoms with van der Waals surface area (Å²) < 4.78 is 0. The van der Waals surface area contributed by atoms with E-state index in [9.17, 15) is 14.4 Å². The summed E-state index contributed by atoms with van der Waals surface area (Å²) in [6, 6.07) is 7.51. The van der Waals surface area contributed by atoms with Gasteiger partial charge in [-0.15, -0.1) is 0 Å². The van der Waals surface area contributed by atoms with Crippen molar-refractivity contribution < 1.29 is 9.59 Å². The van der Waals surface area contributed by atoms with Gasteiger partial charge >= 0.3 is 0 Å². The number of hydrogen-bond donors (Lipinski definition) is 3. The Bertz CT molecular complexity index is 1090. The van der Waals surface area contributed by atoms with Crippen LogP contribution in [0.15, 0.2) is 35.6 Å². The van der Waals surface area contributed by atoms with Gasteiger partial charge in [0.1, 0.15) is 5.82 Å². The number of carbonyl (C=O) groups excluding carboxylic acids is 2. The van der Waals surface area contributed by atoms with Crippen molar-refractivity contribution in [3.8, 4) is 0 Å². The predicted octanol–water partition coefficient (Wildman–Crippen LogP) is 3.25. The lowest BCUT2D eigenvalue weighted by Gasteiger charge is -2.34. The molecule has 3 N–H and O–H groups in total. The van der Waals surface area contributed by atoms with Gasteiger partial charge in [0.25, 0.3) is 5.56 Å². The van der Waals surface area contributed by atoms with Crippen molar-refractivity contribution in [3.05, 3.63) is 52.3 Å². The lowest BCUT2D eigenvalue weighted by Crippen LogP contribution is -2.41. The SMILES string of the molecule is C=C(C)c1ccc(NC(=O)[C@H]2CC(=O)Nc3nc(N4CCCC[C@@H]4C)[nH]c(=O)c32)cc1. The highest BCUT2D eigenvalue weighted by molar-refractivity contribution is 6.04. The first-order valence-electron chi connectivity index (χ1n) is 10.6. The third-order valence-corrected chi connectivity index (χ3v) is 5.98. The van der Waals surface area contributed by atoms with E-state index in [1.807, 2.05) is 24.0 Å². The molecule has 1 aromatic heterocycles. The molecule has 1 fully saturated rings. The number of rotatable bonds is 4. The minimum absolute atomic E-state index is 0.104. The number of hydrogen-bond acceptors (Lipinski definition) is 5. The summed E-state index contributed by atoms with van der Waals surface area (Å²) in [5.74, 6) is -1.04. The molecule has 8 heteroatoms. The molecule has 0 aliphatic carbocycles. The number of H-pyrrole nitrogens is 1. The molecule has 0 unspecified atom stereocenters. The molecule has 8 nitrogen and oxygen atoms in total. The van der Waals surface area contributed by atoms with Crippen LogP contribution in [-0.4, -0.2) is 34.4 Å². The molecule has 0 saturated carbocycles. The Hall–Kier alpha value is -3.42. The molecular formula is C23H27N5O3.